The van der Waals surface area contributed by atoms with E-state index in [0.717, 1.165) is 41.9 Å². The molecule has 5 nitrogen and oxygen atoms in total. The first-order valence-electron chi connectivity index (χ1n) is 12.9. The highest BCUT2D eigenvalue weighted by molar-refractivity contribution is 8.02. The summed E-state index contributed by atoms with van der Waals surface area (Å²) in [6, 6.07) is 8.29. The van der Waals surface area contributed by atoms with Crippen LogP contribution in [0.3, 0.4) is 0 Å². The number of aromatic amines is 1. The van der Waals surface area contributed by atoms with Crippen LogP contribution in [-0.4, -0.2) is 70.2 Å². The van der Waals surface area contributed by atoms with Crippen molar-refractivity contribution in [2.24, 2.45) is 0 Å². The molecule has 0 radical (unpaired) electrons. The summed E-state index contributed by atoms with van der Waals surface area (Å²) in [5.41, 5.74) is -1.76. The minimum Gasteiger partial charge on any atom is -0.367 e. The molecule has 3 heterocycles. The SMILES string of the molecule is O=C(c1cc(C(F)(F)F)cc(C(F)(F)F)c1)N1CCN(CCCN2C=CSC2)C[C@H]1Cc1c[nH]c2ccccc12. The minimum atomic E-state index is -5.03. The molecule has 40 heavy (non-hydrogen) atoms. The standard InChI is InChI=1S/C28H28F6N4OS/c29-27(30,31)21-12-19(13-22(15-21)28(32,33)34)26(39)38-9-8-36(6-3-7-37-10-11-40-18-37)17-23(38)14-20-16-35-25-5-2-1-4-24(20)25/h1-2,4-5,10-13,15-16,23,35H,3,6-9,14,17-18H2/t23-/m1/s1. The maximum Gasteiger partial charge on any atom is 0.416 e. The molecule has 2 aromatic carbocycles. The molecule has 0 saturated carbocycles. The summed E-state index contributed by atoms with van der Waals surface area (Å²) in [5, 5.41) is 3.00. The van der Waals surface area contributed by atoms with Crippen molar-refractivity contribution in [1.29, 1.82) is 0 Å². The third-order valence-electron chi connectivity index (χ3n) is 7.32. The molecule has 12 heteroatoms. The van der Waals surface area contributed by atoms with E-state index >= 15 is 0 Å². The molecule has 0 aliphatic carbocycles. The summed E-state index contributed by atoms with van der Waals surface area (Å²) in [4.78, 5) is 22.7. The van der Waals surface area contributed by atoms with Crippen LogP contribution in [0.1, 0.15) is 33.5 Å². The molecule has 5 rings (SSSR count). The Kier molecular flexibility index (Phi) is 8.10. The number of H-pyrrole nitrogens is 1. The molecule has 1 atom stereocenters. The van der Waals surface area contributed by atoms with Crippen LogP contribution in [0.2, 0.25) is 0 Å². The zero-order valence-corrected chi connectivity index (χ0v) is 22.3. The first-order chi connectivity index (χ1) is 19.0. The Morgan fingerprint density at radius 3 is 2.38 bits per heavy atom. The molecule has 3 aromatic rings. The van der Waals surface area contributed by atoms with Gasteiger partial charge >= 0.3 is 12.4 Å². The predicted octanol–water partition coefficient (Wildman–Crippen LogP) is 6.44. The highest BCUT2D eigenvalue weighted by atomic mass is 32.2. The van der Waals surface area contributed by atoms with Gasteiger partial charge in [0.1, 0.15) is 0 Å². The van der Waals surface area contributed by atoms with Crippen LogP contribution in [0, 0.1) is 0 Å². The maximum absolute atomic E-state index is 13.6. The number of rotatable bonds is 7. The highest BCUT2D eigenvalue weighted by Crippen LogP contribution is 2.37. The second kappa shape index (κ2) is 11.4. The molecule has 2 aliphatic rings. The normalized spacial score (nSPS) is 18.7. The van der Waals surface area contributed by atoms with E-state index in [2.05, 4.69) is 14.8 Å². The Hall–Kier alpha value is -3.12. The number of alkyl halides is 6. The summed E-state index contributed by atoms with van der Waals surface area (Å²) in [6.07, 6.45) is -4.87. The molecule has 0 unspecified atom stereocenters. The van der Waals surface area contributed by atoms with E-state index in [9.17, 15) is 31.1 Å². The lowest BCUT2D eigenvalue weighted by atomic mass is 9.98. The number of carbonyl (C=O) groups excluding carboxylic acids is 1. The molecular weight excluding hydrogens is 554 g/mol. The molecule has 1 fully saturated rings. The lowest BCUT2D eigenvalue weighted by Crippen LogP contribution is -2.56. The summed E-state index contributed by atoms with van der Waals surface area (Å²) >= 11 is 1.72. The molecule has 1 aromatic heterocycles. The summed E-state index contributed by atoms with van der Waals surface area (Å²) in [5.74, 6) is 0.0721. The number of fused-ring (bicyclic) bond motifs is 1. The topological polar surface area (TPSA) is 42.6 Å². The van der Waals surface area contributed by atoms with Crippen molar-refractivity contribution in [2.75, 3.05) is 38.6 Å². The van der Waals surface area contributed by atoms with Crippen LogP contribution >= 0.6 is 11.8 Å². The van der Waals surface area contributed by atoms with Crippen LogP contribution in [0.25, 0.3) is 10.9 Å². The number of halogens is 6. The number of benzene rings is 2. The first-order valence-corrected chi connectivity index (χ1v) is 13.9. The molecule has 1 saturated heterocycles. The van der Waals surface area contributed by atoms with Gasteiger partial charge in [-0.3, -0.25) is 9.69 Å². The van der Waals surface area contributed by atoms with Gasteiger partial charge in [0.25, 0.3) is 5.91 Å². The van der Waals surface area contributed by atoms with E-state index in [0.29, 0.717) is 31.6 Å². The van der Waals surface area contributed by atoms with E-state index in [-0.39, 0.29) is 12.6 Å². The number of carbonyl (C=O) groups is 1. The number of piperazine rings is 1. The van der Waals surface area contributed by atoms with Crippen molar-refractivity contribution >= 4 is 28.6 Å². The van der Waals surface area contributed by atoms with Crippen LogP contribution in [0.4, 0.5) is 26.3 Å². The Labute approximate surface area is 231 Å². The lowest BCUT2D eigenvalue weighted by Gasteiger charge is -2.42. The van der Waals surface area contributed by atoms with Crippen molar-refractivity contribution in [3.63, 3.8) is 0 Å². The van der Waals surface area contributed by atoms with E-state index < -0.39 is 41.0 Å². The molecule has 2 aliphatic heterocycles. The number of nitrogens with one attached hydrogen (secondary N) is 1. The fourth-order valence-electron chi connectivity index (χ4n) is 5.31. The Morgan fingerprint density at radius 2 is 1.70 bits per heavy atom. The fourth-order valence-corrected chi connectivity index (χ4v) is 6.06. The molecule has 1 N–H and O–H groups in total. The van der Waals surface area contributed by atoms with E-state index in [4.69, 9.17) is 0 Å². The number of hydrogen-bond acceptors (Lipinski definition) is 4. The average molecular weight is 583 g/mol. The molecule has 1 amide bonds. The molecule has 214 valence electrons. The Balaban J connectivity index is 1.41. The van der Waals surface area contributed by atoms with Crippen molar-refractivity contribution < 1.29 is 31.1 Å². The van der Waals surface area contributed by atoms with Gasteiger partial charge in [-0.15, -0.1) is 11.8 Å². The maximum atomic E-state index is 13.6. The number of hydrogen-bond donors (Lipinski definition) is 1. The van der Waals surface area contributed by atoms with Gasteiger partial charge in [-0.25, -0.2) is 0 Å². The van der Waals surface area contributed by atoms with E-state index in [1.54, 1.807) is 11.8 Å². The summed E-state index contributed by atoms with van der Waals surface area (Å²) < 4.78 is 80.9. The highest BCUT2D eigenvalue weighted by Gasteiger charge is 2.39. The van der Waals surface area contributed by atoms with Gasteiger partial charge in [-0.1, -0.05) is 18.2 Å². The second-order valence-corrected chi connectivity index (χ2v) is 10.9. The number of para-hydroxylation sites is 1. The van der Waals surface area contributed by atoms with Crippen LogP contribution in [0.15, 0.2) is 60.3 Å². The minimum absolute atomic E-state index is 0.0478. The monoisotopic (exact) mass is 582 g/mol. The molecule has 0 spiro atoms. The van der Waals surface area contributed by atoms with Gasteiger partial charge in [0.05, 0.1) is 17.0 Å². The van der Waals surface area contributed by atoms with Crippen LogP contribution in [-0.2, 0) is 18.8 Å². The van der Waals surface area contributed by atoms with Gasteiger partial charge < -0.3 is 14.8 Å². The lowest BCUT2D eigenvalue weighted by molar-refractivity contribution is -0.143. The van der Waals surface area contributed by atoms with Crippen LogP contribution in [0.5, 0.6) is 0 Å². The zero-order chi connectivity index (χ0) is 28.5. The third kappa shape index (κ3) is 6.43. The number of amides is 1. The third-order valence-corrected chi connectivity index (χ3v) is 8.12. The summed E-state index contributed by atoms with van der Waals surface area (Å²) in [6.45, 7) is 2.78. The van der Waals surface area contributed by atoms with E-state index in [1.807, 2.05) is 42.1 Å². The van der Waals surface area contributed by atoms with Gasteiger partial charge in [-0.05, 0) is 54.6 Å². The van der Waals surface area contributed by atoms with Crippen molar-refractivity contribution in [1.82, 2.24) is 19.7 Å². The number of nitrogens with zero attached hydrogens (tertiary/aromatic N) is 3. The quantitative estimate of drug-likeness (QED) is 0.326. The van der Waals surface area contributed by atoms with Crippen molar-refractivity contribution in [2.45, 2.75) is 31.2 Å². The van der Waals surface area contributed by atoms with Crippen molar-refractivity contribution in [3.05, 3.63) is 82.5 Å². The number of thioether (sulfide) groups is 1. The first kappa shape index (κ1) is 28.4. The largest absolute Gasteiger partial charge is 0.416 e. The Bertz CT molecular complexity index is 1350. The average Bonchev–Trinajstić information content (AvgIpc) is 3.58. The zero-order valence-electron chi connectivity index (χ0n) is 21.4. The fraction of sp³-hybridized carbons (Fsp3) is 0.393. The van der Waals surface area contributed by atoms with Crippen LogP contribution < -0.4 is 0 Å². The van der Waals surface area contributed by atoms with Gasteiger partial charge in [0.2, 0.25) is 0 Å². The van der Waals surface area contributed by atoms with Gasteiger partial charge in [0.15, 0.2) is 0 Å². The smallest absolute Gasteiger partial charge is 0.367 e. The second-order valence-electron chi connectivity index (χ2n) is 10.1. The predicted molar refractivity (Wildman–Crippen MR) is 143 cm³/mol. The number of aromatic nitrogens is 1. The van der Waals surface area contributed by atoms with Gasteiger partial charge in [-0.2, -0.15) is 26.3 Å². The van der Waals surface area contributed by atoms with Gasteiger partial charge in [0, 0.05) is 61.1 Å². The molecular formula is C28H28F6N4OS. The van der Waals surface area contributed by atoms with Crippen molar-refractivity contribution in [3.8, 4) is 0 Å². The molecule has 0 bridgehead atoms. The Morgan fingerprint density at radius 1 is 0.975 bits per heavy atom. The summed E-state index contributed by atoms with van der Waals surface area (Å²) in [7, 11) is 0. The van der Waals surface area contributed by atoms with E-state index in [1.165, 1.54) is 4.90 Å².